The van der Waals surface area contributed by atoms with Crippen LogP contribution in [-0.2, 0) is 4.79 Å². The van der Waals surface area contributed by atoms with Gasteiger partial charge in [0.1, 0.15) is 0 Å². The minimum absolute atomic E-state index is 0.341. The molecular weight excluding hydrogens is 198 g/mol. The van der Waals surface area contributed by atoms with Gasteiger partial charge in [-0.3, -0.25) is 9.93 Å². The van der Waals surface area contributed by atoms with Gasteiger partial charge in [-0.2, -0.15) is 0 Å². The van der Waals surface area contributed by atoms with E-state index in [2.05, 4.69) is 24.9 Å². The van der Waals surface area contributed by atoms with E-state index in [0.717, 1.165) is 12.8 Å². The molecular formula is C10H23NO2S. The summed E-state index contributed by atoms with van der Waals surface area (Å²) in [5.74, 6) is -0.663. The highest BCUT2D eigenvalue weighted by Crippen LogP contribution is 2.07. The lowest BCUT2D eigenvalue weighted by Crippen LogP contribution is -1.93. The molecule has 0 spiro atoms. The van der Waals surface area contributed by atoms with Crippen molar-refractivity contribution < 1.29 is 9.90 Å². The molecule has 0 aliphatic heterocycles. The van der Waals surface area contributed by atoms with Gasteiger partial charge in [-0.15, -0.1) is 12.8 Å². The molecule has 0 atom stereocenters. The third-order valence-corrected chi connectivity index (χ3v) is 1.99. The van der Waals surface area contributed by atoms with Crippen LogP contribution < -0.4 is 5.14 Å². The Morgan fingerprint density at radius 2 is 1.50 bits per heavy atom. The summed E-state index contributed by atoms with van der Waals surface area (Å²) in [6, 6.07) is 0. The van der Waals surface area contributed by atoms with Gasteiger partial charge >= 0.3 is 5.97 Å². The molecule has 0 unspecified atom stereocenters. The Balaban J connectivity index is 0. The highest BCUT2D eigenvalue weighted by atomic mass is 32.1. The van der Waals surface area contributed by atoms with Crippen LogP contribution in [-0.4, -0.2) is 11.1 Å². The van der Waals surface area contributed by atoms with E-state index in [9.17, 15) is 4.79 Å². The fourth-order valence-corrected chi connectivity index (χ4v) is 1.23. The molecule has 0 heterocycles. The van der Waals surface area contributed by atoms with E-state index in [0.29, 0.717) is 6.42 Å². The highest BCUT2D eigenvalue weighted by molar-refractivity contribution is 7.77. The maximum atomic E-state index is 10.1. The summed E-state index contributed by atoms with van der Waals surface area (Å²) in [4.78, 5) is 10.1. The van der Waals surface area contributed by atoms with Crippen molar-refractivity contribution in [1.82, 2.24) is 0 Å². The third kappa shape index (κ3) is 17.8. The minimum atomic E-state index is -0.663. The van der Waals surface area contributed by atoms with Gasteiger partial charge in [0.05, 0.1) is 0 Å². The van der Waals surface area contributed by atoms with Crippen molar-refractivity contribution >= 4 is 18.8 Å². The number of unbranched alkanes of at least 4 members (excludes halogenated alkanes) is 6. The van der Waals surface area contributed by atoms with E-state index in [1.807, 2.05) is 0 Å². The van der Waals surface area contributed by atoms with Gasteiger partial charge in [0.2, 0.25) is 0 Å². The van der Waals surface area contributed by atoms with Crippen LogP contribution in [0.1, 0.15) is 58.3 Å². The Hall–Kier alpha value is -0.220. The Bertz CT molecular complexity index is 121. The predicted molar refractivity (Wildman–Crippen MR) is 63.4 cm³/mol. The van der Waals surface area contributed by atoms with Crippen LogP contribution in [0.2, 0.25) is 0 Å². The molecule has 3 nitrogen and oxygen atoms in total. The number of rotatable bonds is 8. The first kappa shape index (κ1) is 16.2. The SMILES string of the molecule is CCCCCCCCCC(=O)O.NS. The highest BCUT2D eigenvalue weighted by Gasteiger charge is 1.95. The maximum absolute atomic E-state index is 10.1. The van der Waals surface area contributed by atoms with Gasteiger partial charge in [0.25, 0.3) is 0 Å². The van der Waals surface area contributed by atoms with Crippen LogP contribution in [0.25, 0.3) is 0 Å². The quantitative estimate of drug-likeness (QED) is 0.436. The molecule has 86 valence electrons. The van der Waals surface area contributed by atoms with Crippen LogP contribution in [0.3, 0.4) is 0 Å². The van der Waals surface area contributed by atoms with Crippen molar-refractivity contribution in [2.45, 2.75) is 58.3 Å². The average molecular weight is 221 g/mol. The predicted octanol–water partition coefficient (Wildman–Crippen LogP) is 3.00. The lowest BCUT2D eigenvalue weighted by atomic mass is 10.1. The molecule has 0 saturated carbocycles. The summed E-state index contributed by atoms with van der Waals surface area (Å²) < 4.78 is 0. The Morgan fingerprint density at radius 3 is 1.93 bits per heavy atom. The van der Waals surface area contributed by atoms with Crippen molar-refractivity contribution in [3.05, 3.63) is 0 Å². The number of thiol groups is 1. The van der Waals surface area contributed by atoms with E-state index in [1.165, 1.54) is 32.1 Å². The molecule has 0 rings (SSSR count). The zero-order valence-corrected chi connectivity index (χ0v) is 9.93. The van der Waals surface area contributed by atoms with E-state index in [-0.39, 0.29) is 0 Å². The topological polar surface area (TPSA) is 63.3 Å². The van der Waals surface area contributed by atoms with Crippen LogP contribution >= 0.6 is 12.8 Å². The zero-order chi connectivity index (χ0) is 11.2. The first-order valence-corrected chi connectivity index (χ1v) is 5.76. The van der Waals surface area contributed by atoms with Crippen molar-refractivity contribution in [2.75, 3.05) is 0 Å². The summed E-state index contributed by atoms with van der Waals surface area (Å²) in [7, 11) is 0. The molecule has 0 aromatic rings. The standard InChI is InChI=1S/C10H20O2.H3NS/c1-2-3-4-5-6-7-8-9-10(11)12;1-2/h2-9H2,1H3,(H,11,12);2H,1H2. The molecule has 0 aromatic carbocycles. The second-order valence-electron chi connectivity index (χ2n) is 3.27. The molecule has 0 amide bonds. The number of carboxylic acids is 1. The molecule has 3 N–H and O–H groups in total. The van der Waals surface area contributed by atoms with Gasteiger partial charge < -0.3 is 5.11 Å². The molecule has 14 heavy (non-hydrogen) atoms. The monoisotopic (exact) mass is 221 g/mol. The van der Waals surface area contributed by atoms with Crippen molar-refractivity contribution in [1.29, 1.82) is 0 Å². The maximum Gasteiger partial charge on any atom is 0.303 e. The number of hydrogen-bond acceptors (Lipinski definition) is 3. The lowest BCUT2D eigenvalue weighted by Gasteiger charge is -1.98. The summed E-state index contributed by atoms with van der Waals surface area (Å²) >= 11 is 3.03. The molecule has 0 aromatic heterocycles. The van der Waals surface area contributed by atoms with E-state index >= 15 is 0 Å². The minimum Gasteiger partial charge on any atom is -0.481 e. The normalized spacial score (nSPS) is 9.07. The van der Waals surface area contributed by atoms with E-state index in [1.54, 1.807) is 0 Å². The van der Waals surface area contributed by atoms with Crippen molar-refractivity contribution in [3.63, 3.8) is 0 Å². The lowest BCUT2D eigenvalue weighted by molar-refractivity contribution is -0.137. The van der Waals surface area contributed by atoms with Crippen LogP contribution in [0.5, 0.6) is 0 Å². The number of hydrogen-bond donors (Lipinski definition) is 3. The number of carbonyl (C=O) groups is 1. The molecule has 0 radical (unpaired) electrons. The Morgan fingerprint density at radius 1 is 1.07 bits per heavy atom. The summed E-state index contributed by atoms with van der Waals surface area (Å²) in [6.07, 6.45) is 8.64. The van der Waals surface area contributed by atoms with Gasteiger partial charge in [-0.05, 0) is 6.42 Å². The van der Waals surface area contributed by atoms with Gasteiger partial charge in [0.15, 0.2) is 0 Å². The smallest absolute Gasteiger partial charge is 0.303 e. The Labute approximate surface area is 92.6 Å². The third-order valence-electron chi connectivity index (χ3n) is 1.99. The second-order valence-corrected chi connectivity index (χ2v) is 3.27. The number of aliphatic carboxylic acids is 1. The van der Waals surface area contributed by atoms with E-state index in [4.69, 9.17) is 5.11 Å². The molecule has 0 aliphatic carbocycles. The fourth-order valence-electron chi connectivity index (χ4n) is 1.23. The summed E-state index contributed by atoms with van der Waals surface area (Å²) in [6.45, 7) is 2.20. The number of nitrogens with two attached hydrogens (primary N) is 1. The van der Waals surface area contributed by atoms with Crippen LogP contribution in [0.4, 0.5) is 0 Å². The molecule has 4 heteroatoms. The van der Waals surface area contributed by atoms with E-state index < -0.39 is 5.97 Å². The number of carboxylic acid groups (broad SMARTS) is 1. The second kappa shape index (κ2) is 15.3. The van der Waals surface area contributed by atoms with Crippen molar-refractivity contribution in [2.24, 2.45) is 5.14 Å². The first-order chi connectivity index (χ1) is 6.77. The Kier molecular flexibility index (Phi) is 17.7. The van der Waals surface area contributed by atoms with Crippen LogP contribution in [0.15, 0.2) is 0 Å². The summed E-state index contributed by atoms with van der Waals surface area (Å²) in [5, 5.41) is 12.5. The van der Waals surface area contributed by atoms with Gasteiger partial charge in [-0.25, -0.2) is 0 Å². The zero-order valence-electron chi connectivity index (χ0n) is 9.04. The molecule has 0 fully saturated rings. The molecule has 0 bridgehead atoms. The fraction of sp³-hybridized carbons (Fsp3) is 0.900. The van der Waals surface area contributed by atoms with Crippen molar-refractivity contribution in [3.8, 4) is 0 Å². The summed E-state index contributed by atoms with van der Waals surface area (Å²) in [5.41, 5.74) is 0. The first-order valence-electron chi connectivity index (χ1n) is 5.25. The van der Waals surface area contributed by atoms with Gasteiger partial charge in [-0.1, -0.05) is 45.4 Å². The average Bonchev–Trinajstić information content (AvgIpc) is 2.19. The van der Waals surface area contributed by atoms with Crippen LogP contribution in [0, 0.1) is 0 Å². The van der Waals surface area contributed by atoms with Gasteiger partial charge in [0, 0.05) is 6.42 Å². The molecule has 0 saturated heterocycles. The molecule has 0 aliphatic rings. The largest absolute Gasteiger partial charge is 0.481 e.